The lowest BCUT2D eigenvalue weighted by atomic mass is 10.1. The molecule has 1 amide bonds. The summed E-state index contributed by atoms with van der Waals surface area (Å²) in [5.41, 5.74) is 0. The van der Waals surface area contributed by atoms with Crippen molar-refractivity contribution in [1.29, 1.82) is 0 Å². The van der Waals surface area contributed by atoms with Crippen LogP contribution in [0, 0.1) is 11.8 Å². The molecule has 3 aliphatic rings. The third-order valence-corrected chi connectivity index (χ3v) is 4.70. The average Bonchev–Trinajstić information content (AvgIpc) is 3.19. The van der Waals surface area contributed by atoms with Crippen LogP contribution in [-0.2, 0) is 9.53 Å². The molecule has 0 radical (unpaired) electrons. The molecule has 108 valence electrons. The molecule has 0 unspecified atom stereocenters. The van der Waals surface area contributed by atoms with Crippen molar-refractivity contribution >= 4 is 5.91 Å². The minimum Gasteiger partial charge on any atom is -0.381 e. The van der Waals surface area contributed by atoms with Gasteiger partial charge in [-0.05, 0) is 51.1 Å². The van der Waals surface area contributed by atoms with Crippen molar-refractivity contribution in [2.75, 3.05) is 45.9 Å². The zero-order valence-corrected chi connectivity index (χ0v) is 11.9. The molecule has 3 fully saturated rings. The standard InChI is InChI=1S/C15H26N2O2/c18-15(14-2-3-14)17-7-1-6-16(9-10-17)8-4-13-5-11-19-12-13/h13-14H,1-12H2/t13-/m0/s1. The summed E-state index contributed by atoms with van der Waals surface area (Å²) in [6.07, 6.45) is 5.89. The third kappa shape index (κ3) is 3.69. The first-order valence-electron chi connectivity index (χ1n) is 7.92. The summed E-state index contributed by atoms with van der Waals surface area (Å²) in [4.78, 5) is 16.7. The molecular weight excluding hydrogens is 240 g/mol. The average molecular weight is 266 g/mol. The Morgan fingerprint density at radius 3 is 2.74 bits per heavy atom. The zero-order chi connectivity index (χ0) is 13.1. The molecule has 2 heterocycles. The molecule has 0 aromatic rings. The van der Waals surface area contributed by atoms with Crippen molar-refractivity contribution in [2.24, 2.45) is 11.8 Å². The molecule has 0 bridgehead atoms. The number of carbonyl (C=O) groups excluding carboxylic acids is 1. The van der Waals surface area contributed by atoms with Gasteiger partial charge in [-0.1, -0.05) is 0 Å². The van der Waals surface area contributed by atoms with Crippen LogP contribution in [0.2, 0.25) is 0 Å². The topological polar surface area (TPSA) is 32.8 Å². The van der Waals surface area contributed by atoms with Gasteiger partial charge < -0.3 is 14.5 Å². The fourth-order valence-corrected chi connectivity index (χ4v) is 3.18. The minimum atomic E-state index is 0.377. The van der Waals surface area contributed by atoms with Crippen LogP contribution in [-0.4, -0.2) is 61.6 Å². The van der Waals surface area contributed by atoms with E-state index in [0.29, 0.717) is 11.8 Å². The second-order valence-electron chi connectivity index (χ2n) is 6.31. The first kappa shape index (κ1) is 13.4. The van der Waals surface area contributed by atoms with E-state index in [0.717, 1.165) is 64.6 Å². The quantitative estimate of drug-likeness (QED) is 0.770. The molecule has 19 heavy (non-hydrogen) atoms. The van der Waals surface area contributed by atoms with Crippen LogP contribution in [0.25, 0.3) is 0 Å². The fourth-order valence-electron chi connectivity index (χ4n) is 3.18. The number of nitrogens with zero attached hydrogens (tertiary/aromatic N) is 2. The van der Waals surface area contributed by atoms with Gasteiger partial charge in [0, 0.05) is 38.8 Å². The van der Waals surface area contributed by atoms with E-state index in [1.807, 2.05) is 0 Å². The number of rotatable bonds is 4. The van der Waals surface area contributed by atoms with Gasteiger partial charge in [-0.2, -0.15) is 0 Å². The molecule has 2 saturated heterocycles. The number of amides is 1. The van der Waals surface area contributed by atoms with Crippen LogP contribution in [0.3, 0.4) is 0 Å². The maximum absolute atomic E-state index is 12.1. The van der Waals surface area contributed by atoms with E-state index in [-0.39, 0.29) is 0 Å². The van der Waals surface area contributed by atoms with Crippen LogP contribution in [0.15, 0.2) is 0 Å². The lowest BCUT2D eigenvalue weighted by molar-refractivity contribution is -0.132. The Balaban J connectivity index is 1.40. The Bertz CT molecular complexity index is 311. The van der Waals surface area contributed by atoms with Crippen LogP contribution in [0.4, 0.5) is 0 Å². The fraction of sp³-hybridized carbons (Fsp3) is 0.933. The molecule has 2 aliphatic heterocycles. The first-order chi connectivity index (χ1) is 9.33. The molecule has 4 heteroatoms. The summed E-state index contributed by atoms with van der Waals surface area (Å²) in [6, 6.07) is 0. The van der Waals surface area contributed by atoms with Crippen LogP contribution < -0.4 is 0 Å². The summed E-state index contributed by atoms with van der Waals surface area (Å²) >= 11 is 0. The molecule has 3 rings (SSSR count). The van der Waals surface area contributed by atoms with Crippen molar-refractivity contribution in [3.8, 4) is 0 Å². The molecule has 4 nitrogen and oxygen atoms in total. The number of hydrogen-bond acceptors (Lipinski definition) is 3. The predicted octanol–water partition coefficient (Wildman–Crippen LogP) is 1.36. The summed E-state index contributed by atoms with van der Waals surface area (Å²) in [5.74, 6) is 1.57. The van der Waals surface area contributed by atoms with Gasteiger partial charge in [-0.25, -0.2) is 0 Å². The zero-order valence-electron chi connectivity index (χ0n) is 11.9. The van der Waals surface area contributed by atoms with E-state index in [9.17, 15) is 4.79 Å². The van der Waals surface area contributed by atoms with Crippen molar-refractivity contribution in [3.63, 3.8) is 0 Å². The van der Waals surface area contributed by atoms with Gasteiger partial charge >= 0.3 is 0 Å². The van der Waals surface area contributed by atoms with Gasteiger partial charge in [0.1, 0.15) is 0 Å². The second kappa shape index (κ2) is 6.23. The van der Waals surface area contributed by atoms with E-state index in [1.165, 1.54) is 19.4 Å². The highest BCUT2D eigenvalue weighted by atomic mass is 16.5. The smallest absolute Gasteiger partial charge is 0.225 e. The normalized spacial score (nSPS) is 29.5. The monoisotopic (exact) mass is 266 g/mol. The van der Waals surface area contributed by atoms with Gasteiger partial charge in [0.15, 0.2) is 0 Å². The maximum Gasteiger partial charge on any atom is 0.225 e. The lowest BCUT2D eigenvalue weighted by Crippen LogP contribution is -2.36. The van der Waals surface area contributed by atoms with Crippen LogP contribution in [0.1, 0.15) is 32.1 Å². The molecule has 0 aromatic heterocycles. The number of carbonyl (C=O) groups is 1. The third-order valence-electron chi connectivity index (χ3n) is 4.70. The Morgan fingerprint density at radius 1 is 1.11 bits per heavy atom. The van der Waals surface area contributed by atoms with Crippen molar-refractivity contribution < 1.29 is 9.53 Å². The van der Waals surface area contributed by atoms with Crippen molar-refractivity contribution in [3.05, 3.63) is 0 Å². The van der Waals surface area contributed by atoms with E-state index in [4.69, 9.17) is 4.74 Å². The number of ether oxygens (including phenoxy) is 1. The Morgan fingerprint density at radius 2 is 2.00 bits per heavy atom. The summed E-state index contributed by atoms with van der Waals surface area (Å²) in [5, 5.41) is 0. The van der Waals surface area contributed by atoms with Gasteiger partial charge in [0.25, 0.3) is 0 Å². The highest BCUT2D eigenvalue weighted by molar-refractivity contribution is 5.81. The van der Waals surface area contributed by atoms with Crippen LogP contribution in [0.5, 0.6) is 0 Å². The molecular formula is C15H26N2O2. The van der Waals surface area contributed by atoms with Crippen molar-refractivity contribution in [2.45, 2.75) is 32.1 Å². The Labute approximate surface area is 116 Å². The first-order valence-corrected chi connectivity index (χ1v) is 7.92. The molecule has 0 N–H and O–H groups in total. The second-order valence-corrected chi connectivity index (χ2v) is 6.31. The molecule has 1 saturated carbocycles. The summed E-state index contributed by atoms with van der Waals surface area (Å²) < 4.78 is 5.43. The van der Waals surface area contributed by atoms with Gasteiger partial charge in [0.2, 0.25) is 5.91 Å². The van der Waals surface area contributed by atoms with E-state index >= 15 is 0 Å². The van der Waals surface area contributed by atoms with Gasteiger partial charge in [-0.15, -0.1) is 0 Å². The largest absolute Gasteiger partial charge is 0.381 e. The predicted molar refractivity (Wildman–Crippen MR) is 73.9 cm³/mol. The van der Waals surface area contributed by atoms with Crippen LogP contribution >= 0.6 is 0 Å². The van der Waals surface area contributed by atoms with E-state index < -0.39 is 0 Å². The highest BCUT2D eigenvalue weighted by Gasteiger charge is 2.33. The van der Waals surface area contributed by atoms with E-state index in [1.54, 1.807) is 0 Å². The molecule has 1 atom stereocenters. The van der Waals surface area contributed by atoms with Gasteiger partial charge in [0.05, 0.1) is 0 Å². The van der Waals surface area contributed by atoms with Gasteiger partial charge in [-0.3, -0.25) is 4.79 Å². The van der Waals surface area contributed by atoms with Crippen molar-refractivity contribution in [1.82, 2.24) is 9.80 Å². The molecule has 0 spiro atoms. The van der Waals surface area contributed by atoms with E-state index in [2.05, 4.69) is 9.80 Å². The lowest BCUT2D eigenvalue weighted by Gasteiger charge is -2.22. The Hall–Kier alpha value is -0.610. The Kier molecular flexibility index (Phi) is 4.38. The summed E-state index contributed by atoms with van der Waals surface area (Å²) in [6.45, 7) is 7.22. The maximum atomic E-state index is 12.1. The molecule has 1 aliphatic carbocycles. The summed E-state index contributed by atoms with van der Waals surface area (Å²) in [7, 11) is 0. The molecule has 0 aromatic carbocycles. The minimum absolute atomic E-state index is 0.377. The highest BCUT2D eigenvalue weighted by Crippen LogP contribution is 2.31. The SMILES string of the molecule is O=C(C1CC1)N1CCCN(CC[C@H]2CCOC2)CC1. The number of hydrogen-bond donors (Lipinski definition) is 0.